The summed E-state index contributed by atoms with van der Waals surface area (Å²) in [6.07, 6.45) is 4.32. The molecule has 124 valence electrons. The van der Waals surface area contributed by atoms with Gasteiger partial charge in [0.15, 0.2) is 0 Å². The quantitative estimate of drug-likeness (QED) is 0.946. The molecule has 2 atom stereocenters. The predicted molar refractivity (Wildman–Crippen MR) is 91.9 cm³/mol. The van der Waals surface area contributed by atoms with E-state index in [0.717, 1.165) is 25.8 Å². The van der Waals surface area contributed by atoms with Gasteiger partial charge in [-0.2, -0.15) is 4.74 Å². The van der Waals surface area contributed by atoms with Crippen molar-refractivity contribution in [2.24, 2.45) is 0 Å². The van der Waals surface area contributed by atoms with Crippen LogP contribution in [0.25, 0.3) is 0 Å². The van der Waals surface area contributed by atoms with Gasteiger partial charge in [0.25, 0.3) is 5.56 Å². The summed E-state index contributed by atoms with van der Waals surface area (Å²) in [6.45, 7) is 7.62. The molecule has 1 aliphatic rings. The maximum Gasteiger partial charge on any atom is 0.282 e. The van der Waals surface area contributed by atoms with Gasteiger partial charge in [-0.05, 0) is 42.3 Å². The SMILES string of the molecule is CC(C)(C)c1ccc(C[C@H]2C[C@@H](n3occc3=O)CCN2)cc1. The van der Waals surface area contributed by atoms with Crippen LogP contribution < -0.4 is 10.9 Å². The first kappa shape index (κ1) is 16.1. The first-order valence-electron chi connectivity index (χ1n) is 8.43. The van der Waals surface area contributed by atoms with Crippen molar-refractivity contribution in [3.8, 4) is 0 Å². The van der Waals surface area contributed by atoms with E-state index in [1.807, 2.05) is 0 Å². The average Bonchev–Trinajstić information content (AvgIpc) is 2.93. The number of nitrogens with one attached hydrogen (secondary N) is 1. The maximum atomic E-state index is 11.8. The molecule has 1 aliphatic heterocycles. The van der Waals surface area contributed by atoms with Gasteiger partial charge in [0.05, 0.1) is 6.04 Å². The highest BCUT2D eigenvalue weighted by molar-refractivity contribution is 5.28. The lowest BCUT2D eigenvalue weighted by molar-refractivity contribution is 0.161. The van der Waals surface area contributed by atoms with Crippen molar-refractivity contribution in [3.63, 3.8) is 0 Å². The summed E-state index contributed by atoms with van der Waals surface area (Å²) in [5.41, 5.74) is 2.85. The summed E-state index contributed by atoms with van der Waals surface area (Å²) in [5, 5.41) is 3.57. The number of hydrogen-bond donors (Lipinski definition) is 1. The van der Waals surface area contributed by atoms with Gasteiger partial charge in [-0.1, -0.05) is 45.0 Å². The molecular formula is C19H26N2O2. The fraction of sp³-hybridized carbons (Fsp3) is 0.526. The molecule has 23 heavy (non-hydrogen) atoms. The molecule has 0 spiro atoms. The van der Waals surface area contributed by atoms with Gasteiger partial charge in [-0.15, -0.1) is 0 Å². The third-order valence-electron chi connectivity index (χ3n) is 4.70. The monoisotopic (exact) mass is 314 g/mol. The first-order valence-corrected chi connectivity index (χ1v) is 8.43. The Hall–Kier alpha value is -1.81. The largest absolute Gasteiger partial charge is 0.384 e. The third kappa shape index (κ3) is 3.75. The Kier molecular flexibility index (Phi) is 4.44. The second-order valence-corrected chi connectivity index (χ2v) is 7.55. The van der Waals surface area contributed by atoms with Crippen LogP contribution in [0.5, 0.6) is 0 Å². The highest BCUT2D eigenvalue weighted by atomic mass is 16.5. The molecule has 2 aromatic rings. The normalized spacial score (nSPS) is 22.2. The van der Waals surface area contributed by atoms with E-state index in [2.05, 4.69) is 50.4 Å². The van der Waals surface area contributed by atoms with E-state index in [1.165, 1.54) is 28.2 Å². The van der Waals surface area contributed by atoms with Gasteiger partial charge >= 0.3 is 0 Å². The van der Waals surface area contributed by atoms with Gasteiger partial charge < -0.3 is 9.84 Å². The second-order valence-electron chi connectivity index (χ2n) is 7.55. The Labute approximate surface area is 137 Å². The fourth-order valence-corrected chi connectivity index (χ4v) is 3.32. The molecule has 1 fully saturated rings. The topological polar surface area (TPSA) is 47.2 Å². The van der Waals surface area contributed by atoms with Crippen LogP contribution >= 0.6 is 0 Å². The first-order chi connectivity index (χ1) is 10.9. The summed E-state index contributed by atoms with van der Waals surface area (Å²) in [4.78, 5) is 11.8. The minimum absolute atomic E-state index is 0.0369. The third-order valence-corrected chi connectivity index (χ3v) is 4.70. The number of piperidine rings is 1. The van der Waals surface area contributed by atoms with E-state index < -0.39 is 0 Å². The van der Waals surface area contributed by atoms with Crippen molar-refractivity contribution in [1.82, 2.24) is 10.1 Å². The van der Waals surface area contributed by atoms with E-state index in [1.54, 1.807) is 0 Å². The fourth-order valence-electron chi connectivity index (χ4n) is 3.32. The molecule has 1 saturated heterocycles. The van der Waals surface area contributed by atoms with Crippen molar-refractivity contribution < 1.29 is 4.52 Å². The standard InChI is InChI=1S/C19H26N2O2/c1-19(2,3)15-6-4-14(5-7-15)12-16-13-17(8-10-20-16)21-18(22)9-11-23-21/h4-7,9,11,16-17,20H,8,10,12-13H2,1-3H3/t16-,17-/m0/s1. The second kappa shape index (κ2) is 6.36. The highest BCUT2D eigenvalue weighted by Crippen LogP contribution is 2.25. The van der Waals surface area contributed by atoms with Gasteiger partial charge in [-0.3, -0.25) is 4.79 Å². The van der Waals surface area contributed by atoms with Crippen LogP contribution in [0, 0.1) is 0 Å². The van der Waals surface area contributed by atoms with Crippen molar-refractivity contribution in [2.75, 3.05) is 6.54 Å². The molecule has 0 bridgehead atoms. The Morgan fingerprint density at radius 2 is 1.96 bits per heavy atom. The van der Waals surface area contributed by atoms with E-state index in [9.17, 15) is 4.79 Å². The van der Waals surface area contributed by atoms with Crippen LogP contribution in [-0.2, 0) is 11.8 Å². The van der Waals surface area contributed by atoms with Gasteiger partial charge in [0, 0.05) is 12.1 Å². The molecule has 3 rings (SSSR count). The minimum atomic E-state index is -0.0369. The lowest BCUT2D eigenvalue weighted by Gasteiger charge is -2.30. The molecule has 1 aromatic heterocycles. The Balaban J connectivity index is 1.66. The van der Waals surface area contributed by atoms with E-state index >= 15 is 0 Å². The molecule has 0 unspecified atom stereocenters. The molecule has 4 heteroatoms. The molecule has 0 saturated carbocycles. The number of rotatable bonds is 3. The molecule has 0 aliphatic carbocycles. The minimum Gasteiger partial charge on any atom is -0.384 e. The van der Waals surface area contributed by atoms with Crippen molar-refractivity contribution >= 4 is 0 Å². The van der Waals surface area contributed by atoms with Crippen LogP contribution in [0.2, 0.25) is 0 Å². The van der Waals surface area contributed by atoms with E-state index in [4.69, 9.17) is 4.52 Å². The van der Waals surface area contributed by atoms with Gasteiger partial charge in [-0.25, -0.2) is 0 Å². The highest BCUT2D eigenvalue weighted by Gasteiger charge is 2.25. The number of aromatic nitrogens is 1. The van der Waals surface area contributed by atoms with Crippen LogP contribution in [0.1, 0.15) is 50.8 Å². The van der Waals surface area contributed by atoms with Crippen molar-refractivity contribution in [1.29, 1.82) is 0 Å². The maximum absolute atomic E-state index is 11.8. The molecule has 1 aromatic carbocycles. The zero-order valence-corrected chi connectivity index (χ0v) is 14.2. The molecular weight excluding hydrogens is 288 g/mol. The molecule has 0 amide bonds. The zero-order valence-electron chi connectivity index (χ0n) is 14.2. The Bertz CT molecular complexity index is 691. The smallest absolute Gasteiger partial charge is 0.282 e. The van der Waals surface area contributed by atoms with E-state index in [-0.39, 0.29) is 17.0 Å². The van der Waals surface area contributed by atoms with Crippen LogP contribution in [0.3, 0.4) is 0 Å². The predicted octanol–water partition coefficient (Wildman–Crippen LogP) is 3.27. The van der Waals surface area contributed by atoms with Crippen molar-refractivity contribution in [2.45, 2.75) is 57.5 Å². The van der Waals surface area contributed by atoms with Gasteiger partial charge in [0.2, 0.25) is 0 Å². The lowest BCUT2D eigenvalue weighted by atomic mass is 9.86. The summed E-state index contributed by atoms with van der Waals surface area (Å²) in [5.74, 6) is 0. The molecule has 4 nitrogen and oxygen atoms in total. The summed E-state index contributed by atoms with van der Waals surface area (Å²) in [7, 11) is 0. The summed E-state index contributed by atoms with van der Waals surface area (Å²) >= 11 is 0. The number of benzene rings is 1. The average molecular weight is 314 g/mol. The van der Waals surface area contributed by atoms with Crippen LogP contribution in [0.15, 0.2) is 45.9 Å². The van der Waals surface area contributed by atoms with E-state index in [0.29, 0.717) is 6.04 Å². The number of hydrogen-bond acceptors (Lipinski definition) is 3. The molecule has 1 N–H and O–H groups in total. The van der Waals surface area contributed by atoms with Crippen molar-refractivity contribution in [3.05, 3.63) is 58.1 Å². The number of nitrogens with zero attached hydrogens (tertiary/aromatic N) is 1. The summed E-state index contributed by atoms with van der Waals surface area (Å²) < 4.78 is 6.86. The Morgan fingerprint density at radius 1 is 1.22 bits per heavy atom. The zero-order chi connectivity index (χ0) is 16.4. The van der Waals surface area contributed by atoms with Gasteiger partial charge in [0.1, 0.15) is 6.26 Å². The van der Waals surface area contributed by atoms with Crippen LogP contribution in [0.4, 0.5) is 0 Å². The summed E-state index contributed by atoms with van der Waals surface area (Å²) in [6, 6.07) is 10.9. The molecule has 2 heterocycles. The Morgan fingerprint density at radius 3 is 2.57 bits per heavy atom. The van der Waals surface area contributed by atoms with Crippen LogP contribution in [-0.4, -0.2) is 17.3 Å². The molecule has 0 radical (unpaired) electrons. The lowest BCUT2D eigenvalue weighted by Crippen LogP contribution is -2.41.